The fourth-order valence-corrected chi connectivity index (χ4v) is 8.51. The quantitative estimate of drug-likeness (QED) is 0.137. The summed E-state index contributed by atoms with van der Waals surface area (Å²) in [5.41, 5.74) is 2.76. The molecule has 40 heavy (non-hydrogen) atoms. The summed E-state index contributed by atoms with van der Waals surface area (Å²) in [5, 5.41) is 8.51. The third kappa shape index (κ3) is 7.96. The van der Waals surface area contributed by atoms with Gasteiger partial charge in [-0.25, -0.2) is 12.2 Å². The molecule has 0 atom stereocenters. The predicted octanol–water partition coefficient (Wildman–Crippen LogP) is 8.95. The summed E-state index contributed by atoms with van der Waals surface area (Å²) in [6.07, 6.45) is 10.0. The number of allylic oxidation sites excluding steroid dienone is 4. The minimum absolute atomic E-state index is 0.203. The van der Waals surface area contributed by atoms with Gasteiger partial charge in [0.25, 0.3) is 0 Å². The Labute approximate surface area is 256 Å². The normalized spacial score (nSPS) is 12.6. The van der Waals surface area contributed by atoms with Crippen molar-refractivity contribution in [3.63, 3.8) is 0 Å². The maximum absolute atomic E-state index is 2.99. The molecule has 0 saturated heterocycles. The Hall–Kier alpha value is -2.67. The Morgan fingerprint density at radius 1 is 0.650 bits per heavy atom. The molecule has 0 fully saturated rings. The van der Waals surface area contributed by atoms with Crippen LogP contribution in [-0.2, 0) is 34.2 Å². The van der Waals surface area contributed by atoms with Gasteiger partial charge in [-0.2, -0.15) is 6.08 Å². The van der Waals surface area contributed by atoms with E-state index < -0.39 is 5.43 Å². The second-order valence-electron chi connectivity index (χ2n) is 12.4. The molecule has 0 radical (unpaired) electrons. The zero-order chi connectivity index (χ0) is 28.8. The van der Waals surface area contributed by atoms with Gasteiger partial charge in [-0.05, 0) is 10.8 Å². The van der Waals surface area contributed by atoms with Crippen LogP contribution in [0.5, 0.6) is 0 Å². The van der Waals surface area contributed by atoms with E-state index in [9.17, 15) is 0 Å². The van der Waals surface area contributed by atoms with Crippen molar-refractivity contribution in [1.82, 2.24) is 0 Å². The van der Waals surface area contributed by atoms with Crippen LogP contribution in [0, 0.1) is 6.08 Å². The molecule has 0 aromatic heterocycles. The summed E-state index contributed by atoms with van der Waals surface area (Å²) in [5.74, 6) is 0. The molecule has 6 rings (SSSR count). The molecule has 0 bridgehead atoms. The van der Waals surface area contributed by atoms with Crippen LogP contribution in [-0.4, -0.2) is 5.43 Å². The minimum atomic E-state index is -0.455. The molecular weight excluding hydrogens is 576 g/mol. The van der Waals surface area contributed by atoms with Crippen LogP contribution in [0.15, 0.2) is 121 Å². The van der Waals surface area contributed by atoms with Gasteiger partial charge in [-0.1, -0.05) is 76.9 Å². The monoisotopic (exact) mass is 614 g/mol. The van der Waals surface area contributed by atoms with Gasteiger partial charge in [0.15, 0.2) is 0 Å². The first-order chi connectivity index (χ1) is 19.0. The zero-order valence-corrected chi connectivity index (χ0v) is 28.2. The van der Waals surface area contributed by atoms with E-state index in [2.05, 4.69) is 157 Å². The summed E-state index contributed by atoms with van der Waals surface area (Å²) in [4.78, 5) is 0. The molecule has 1 aliphatic rings. The molecule has 200 valence electrons. The van der Waals surface area contributed by atoms with E-state index in [1.54, 1.807) is 23.3 Å². The molecule has 0 spiro atoms. The molecule has 0 nitrogen and oxygen atoms in total. The summed E-state index contributed by atoms with van der Waals surface area (Å²) >= 11 is 1.64. The first-order valence-electron chi connectivity index (χ1n) is 14.1. The Kier molecular flexibility index (Phi) is 10.1. The van der Waals surface area contributed by atoms with Gasteiger partial charge < -0.3 is 0 Å². The average Bonchev–Trinajstić information content (AvgIpc) is 3.64. The first-order valence-corrected chi connectivity index (χ1v) is 19.3. The first kappa shape index (κ1) is 30.3. The van der Waals surface area contributed by atoms with Gasteiger partial charge in [0.1, 0.15) is 0 Å². The fourth-order valence-electron chi connectivity index (χ4n) is 4.67. The average molecular weight is 616 g/mol. The van der Waals surface area contributed by atoms with Crippen LogP contribution >= 0.6 is 0 Å². The Balaban J connectivity index is 0.000000166. The molecule has 5 aromatic rings. The number of hydrogen-bond acceptors (Lipinski definition) is 0. The van der Waals surface area contributed by atoms with Crippen molar-refractivity contribution in [3.8, 4) is 0 Å². The van der Waals surface area contributed by atoms with Crippen molar-refractivity contribution in [1.29, 1.82) is 0 Å². The molecule has 1 aliphatic carbocycles. The van der Waals surface area contributed by atoms with Crippen LogP contribution in [0.3, 0.4) is 0 Å². The number of benzene rings is 4. The maximum atomic E-state index is 2.99. The van der Waals surface area contributed by atoms with E-state index in [0.717, 1.165) is 6.42 Å². The Morgan fingerprint density at radius 3 is 1.43 bits per heavy atom. The van der Waals surface area contributed by atoms with Crippen molar-refractivity contribution < 1.29 is 23.3 Å². The number of rotatable bonds is 2. The molecule has 5 aromatic carbocycles. The third-order valence-electron chi connectivity index (χ3n) is 7.15. The van der Waals surface area contributed by atoms with E-state index in [4.69, 9.17) is 0 Å². The van der Waals surface area contributed by atoms with E-state index in [-0.39, 0.29) is 10.8 Å². The van der Waals surface area contributed by atoms with Crippen LogP contribution in [0.4, 0.5) is 0 Å². The van der Waals surface area contributed by atoms with Gasteiger partial charge in [-0.3, -0.25) is 6.08 Å². The Morgan fingerprint density at radius 2 is 1.10 bits per heavy atom. The van der Waals surface area contributed by atoms with Gasteiger partial charge in [0.05, 0.1) is 0 Å². The van der Waals surface area contributed by atoms with Crippen molar-refractivity contribution >= 4 is 37.4 Å². The second-order valence-corrected chi connectivity index (χ2v) is 18.0. The van der Waals surface area contributed by atoms with Crippen LogP contribution < -0.4 is 10.4 Å². The second kappa shape index (κ2) is 13.3. The van der Waals surface area contributed by atoms with Crippen LogP contribution in [0.25, 0.3) is 21.5 Å². The van der Waals surface area contributed by atoms with E-state index >= 15 is 0 Å². The molecule has 0 amide bonds. The van der Waals surface area contributed by atoms with Crippen molar-refractivity contribution in [3.05, 3.63) is 139 Å². The van der Waals surface area contributed by atoms with Crippen LogP contribution in [0.1, 0.15) is 59.1 Å². The van der Waals surface area contributed by atoms with Crippen molar-refractivity contribution in [2.75, 3.05) is 0 Å². The summed E-state index contributed by atoms with van der Waals surface area (Å²) in [6.45, 7) is 13.6. The number of fused-ring (bicyclic) bond motifs is 3. The zero-order valence-electron chi connectivity index (χ0n) is 24.8. The Bertz CT molecular complexity index is 1500. The number of hydrogen-bond donors (Lipinski definition) is 0. The standard InChI is InChI=1S/C21H25.C12H10Si.C5H5.Zr/c1-20(2,3)16-7-9-18-14(12-16)11-15-13-17(21(4,5)6)8-10-19(15)18;1-3-7-11(8-4-1)13-12-9-5-2-6-10-12;1-2-4-5-3-1;/h7-13H,1-6H3;1-10H;1-3H,4H2;/q-1;;-1;+2. The fraction of sp³-hybridized carbons (Fsp3) is 0.237. The van der Waals surface area contributed by atoms with Crippen molar-refractivity contribution in [2.45, 2.75) is 58.8 Å². The van der Waals surface area contributed by atoms with E-state index in [0.29, 0.717) is 0 Å². The molecule has 0 unspecified atom stereocenters. The summed E-state index contributed by atoms with van der Waals surface area (Å²) < 4.78 is 0. The van der Waals surface area contributed by atoms with E-state index in [1.165, 1.54) is 43.0 Å². The molecule has 0 saturated carbocycles. The van der Waals surface area contributed by atoms with E-state index in [1.807, 2.05) is 12.2 Å². The van der Waals surface area contributed by atoms with Gasteiger partial charge in [-0.15, -0.1) is 46.2 Å². The SMILES string of the molecule is CC(C)(C)c1ccc2c(c1)[cH-]c1cc(C(C)(C)C)ccc12.[C-]1=CC=CC1.[Zr+2]=[Si](c1ccccc1)c1ccccc1. The molecule has 0 heterocycles. The van der Waals surface area contributed by atoms with Crippen molar-refractivity contribution in [2.24, 2.45) is 0 Å². The molecule has 0 N–H and O–H groups in total. The molecule has 2 heteroatoms. The van der Waals surface area contributed by atoms with Gasteiger partial charge in [0.2, 0.25) is 0 Å². The topological polar surface area (TPSA) is 0 Å². The third-order valence-corrected chi connectivity index (χ3v) is 13.2. The molecule has 0 aliphatic heterocycles. The van der Waals surface area contributed by atoms with Crippen LogP contribution in [0.2, 0.25) is 0 Å². The molecular formula is C38H40SiZr. The van der Waals surface area contributed by atoms with Gasteiger partial charge in [0, 0.05) is 0 Å². The summed E-state index contributed by atoms with van der Waals surface area (Å²) in [7, 11) is 0. The predicted molar refractivity (Wildman–Crippen MR) is 174 cm³/mol. The summed E-state index contributed by atoms with van der Waals surface area (Å²) in [6, 6.07) is 37.9. The van der Waals surface area contributed by atoms with Gasteiger partial charge >= 0.3 is 99.8 Å².